The molecule has 2 N–H and O–H groups in total. The summed E-state index contributed by atoms with van der Waals surface area (Å²) in [5, 5.41) is 1.20. The molecule has 1 aromatic carbocycles. The number of imidazole rings is 1. The van der Waals surface area contributed by atoms with E-state index in [9.17, 15) is 0 Å². The molecule has 0 aliphatic heterocycles. The maximum absolute atomic E-state index is 5.64. The minimum Gasteiger partial charge on any atom is -0.326 e. The van der Waals surface area contributed by atoms with Crippen molar-refractivity contribution in [1.82, 2.24) is 9.38 Å². The van der Waals surface area contributed by atoms with Gasteiger partial charge in [0.15, 0.2) is 0 Å². The van der Waals surface area contributed by atoms with Crippen molar-refractivity contribution in [3.8, 4) is 0 Å². The lowest BCUT2D eigenvalue weighted by Gasteiger charge is -2.03. The Morgan fingerprint density at radius 1 is 1.25 bits per heavy atom. The van der Waals surface area contributed by atoms with Crippen LogP contribution in [0.1, 0.15) is 11.3 Å². The summed E-state index contributed by atoms with van der Waals surface area (Å²) in [6.45, 7) is 2.59. The number of pyridine rings is 1. The molecule has 0 unspecified atom stereocenters. The van der Waals surface area contributed by atoms with Gasteiger partial charge in [-0.15, -0.1) is 0 Å². The predicted molar refractivity (Wildman–Crippen MR) is 65.3 cm³/mol. The lowest BCUT2D eigenvalue weighted by molar-refractivity contribution is 1.07. The molecule has 0 saturated heterocycles. The second-order valence-electron chi connectivity index (χ2n) is 4.04. The maximum atomic E-state index is 5.64. The Morgan fingerprint density at radius 3 is 2.94 bits per heavy atom. The highest BCUT2D eigenvalue weighted by Crippen LogP contribution is 2.18. The van der Waals surface area contributed by atoms with Crippen LogP contribution in [0, 0.1) is 6.92 Å². The third-order valence-electron chi connectivity index (χ3n) is 2.85. The van der Waals surface area contributed by atoms with Crippen LogP contribution in [-0.4, -0.2) is 9.38 Å². The molecule has 16 heavy (non-hydrogen) atoms. The van der Waals surface area contributed by atoms with Gasteiger partial charge in [-0.1, -0.05) is 6.07 Å². The standard InChI is InChI=1S/C13H13N3/c1-9-8-16-12-4-2-10(7-14)6-11(12)3-5-13(16)15-9/h2-6,8H,7,14H2,1H3. The molecule has 0 saturated carbocycles. The predicted octanol–water partition coefficient (Wildman–Crippen LogP) is 2.25. The Morgan fingerprint density at radius 2 is 2.12 bits per heavy atom. The zero-order chi connectivity index (χ0) is 11.1. The summed E-state index contributed by atoms with van der Waals surface area (Å²) in [4.78, 5) is 4.44. The Bertz CT molecular complexity index is 667. The van der Waals surface area contributed by atoms with Gasteiger partial charge < -0.3 is 5.73 Å². The molecule has 3 nitrogen and oxygen atoms in total. The molecule has 3 heteroatoms. The van der Waals surface area contributed by atoms with Crippen molar-refractivity contribution in [2.75, 3.05) is 0 Å². The van der Waals surface area contributed by atoms with Gasteiger partial charge in [-0.05, 0) is 42.1 Å². The third-order valence-corrected chi connectivity index (χ3v) is 2.85. The number of nitrogens with two attached hydrogens (primary N) is 1. The molecule has 0 spiro atoms. The Hall–Kier alpha value is -1.87. The number of rotatable bonds is 1. The monoisotopic (exact) mass is 211 g/mol. The van der Waals surface area contributed by atoms with E-state index in [-0.39, 0.29) is 0 Å². The van der Waals surface area contributed by atoms with E-state index in [2.05, 4.69) is 39.8 Å². The molecule has 0 aliphatic rings. The van der Waals surface area contributed by atoms with Gasteiger partial charge in [0.1, 0.15) is 5.65 Å². The normalized spacial score (nSPS) is 11.4. The summed E-state index contributed by atoms with van der Waals surface area (Å²) in [6.07, 6.45) is 2.06. The van der Waals surface area contributed by atoms with Crippen molar-refractivity contribution in [2.45, 2.75) is 13.5 Å². The van der Waals surface area contributed by atoms with E-state index < -0.39 is 0 Å². The molecule has 0 atom stereocenters. The highest BCUT2D eigenvalue weighted by molar-refractivity contribution is 5.82. The highest BCUT2D eigenvalue weighted by atomic mass is 15.0. The van der Waals surface area contributed by atoms with E-state index in [1.165, 1.54) is 10.9 Å². The highest BCUT2D eigenvalue weighted by Gasteiger charge is 2.02. The van der Waals surface area contributed by atoms with E-state index in [0.29, 0.717) is 6.54 Å². The number of nitrogens with zero attached hydrogens (tertiary/aromatic N) is 2. The number of hydrogen-bond acceptors (Lipinski definition) is 2. The largest absolute Gasteiger partial charge is 0.326 e. The first kappa shape index (κ1) is 9.36. The van der Waals surface area contributed by atoms with Crippen molar-refractivity contribution in [3.63, 3.8) is 0 Å². The Labute approximate surface area is 93.5 Å². The third kappa shape index (κ3) is 1.29. The van der Waals surface area contributed by atoms with Crippen LogP contribution in [0.3, 0.4) is 0 Å². The first-order chi connectivity index (χ1) is 7.78. The first-order valence-electron chi connectivity index (χ1n) is 5.35. The molecule has 3 rings (SSSR count). The first-order valence-corrected chi connectivity index (χ1v) is 5.35. The molecule has 0 radical (unpaired) electrons. The lowest BCUT2D eigenvalue weighted by atomic mass is 10.1. The number of aryl methyl sites for hydroxylation is 1. The number of aromatic nitrogens is 2. The van der Waals surface area contributed by atoms with Gasteiger partial charge in [0.25, 0.3) is 0 Å². The van der Waals surface area contributed by atoms with Gasteiger partial charge in [0.05, 0.1) is 11.2 Å². The van der Waals surface area contributed by atoms with Crippen molar-refractivity contribution in [3.05, 3.63) is 47.8 Å². The van der Waals surface area contributed by atoms with Crippen LogP contribution in [-0.2, 0) is 6.54 Å². The smallest absolute Gasteiger partial charge is 0.137 e. The van der Waals surface area contributed by atoms with Gasteiger partial charge in [-0.3, -0.25) is 4.40 Å². The van der Waals surface area contributed by atoms with E-state index in [1.54, 1.807) is 0 Å². The van der Waals surface area contributed by atoms with E-state index in [0.717, 1.165) is 16.9 Å². The maximum Gasteiger partial charge on any atom is 0.137 e. The summed E-state index contributed by atoms with van der Waals surface area (Å²) in [5.74, 6) is 0. The van der Waals surface area contributed by atoms with Crippen LogP contribution >= 0.6 is 0 Å². The molecule has 0 aliphatic carbocycles. The Kier molecular flexibility index (Phi) is 1.94. The minimum absolute atomic E-state index is 0.580. The summed E-state index contributed by atoms with van der Waals surface area (Å²) >= 11 is 0. The van der Waals surface area contributed by atoms with Crippen LogP contribution < -0.4 is 5.73 Å². The fourth-order valence-electron chi connectivity index (χ4n) is 2.08. The molecule has 80 valence electrons. The van der Waals surface area contributed by atoms with Gasteiger partial charge in [0.2, 0.25) is 0 Å². The molecular formula is C13H13N3. The van der Waals surface area contributed by atoms with Crippen molar-refractivity contribution in [1.29, 1.82) is 0 Å². The fourth-order valence-corrected chi connectivity index (χ4v) is 2.08. The average molecular weight is 211 g/mol. The van der Waals surface area contributed by atoms with Gasteiger partial charge in [-0.25, -0.2) is 4.98 Å². The average Bonchev–Trinajstić information content (AvgIpc) is 2.69. The van der Waals surface area contributed by atoms with E-state index in [4.69, 9.17) is 5.73 Å². The molecule has 0 fully saturated rings. The quantitative estimate of drug-likeness (QED) is 0.671. The van der Waals surface area contributed by atoms with Crippen LogP contribution in [0.5, 0.6) is 0 Å². The van der Waals surface area contributed by atoms with E-state index in [1.807, 2.05) is 13.0 Å². The molecule has 0 bridgehead atoms. The van der Waals surface area contributed by atoms with Gasteiger partial charge in [-0.2, -0.15) is 0 Å². The van der Waals surface area contributed by atoms with Crippen LogP contribution in [0.4, 0.5) is 0 Å². The minimum atomic E-state index is 0.580. The summed E-state index contributed by atoms with van der Waals surface area (Å²) < 4.78 is 2.12. The van der Waals surface area contributed by atoms with Crippen LogP contribution in [0.15, 0.2) is 36.5 Å². The summed E-state index contributed by atoms with van der Waals surface area (Å²) in [7, 11) is 0. The van der Waals surface area contributed by atoms with Crippen molar-refractivity contribution in [2.24, 2.45) is 5.73 Å². The lowest BCUT2D eigenvalue weighted by Crippen LogP contribution is -1.96. The topological polar surface area (TPSA) is 43.3 Å². The van der Waals surface area contributed by atoms with Crippen LogP contribution in [0.25, 0.3) is 16.6 Å². The molecular weight excluding hydrogens is 198 g/mol. The zero-order valence-electron chi connectivity index (χ0n) is 9.14. The van der Waals surface area contributed by atoms with Crippen molar-refractivity contribution < 1.29 is 0 Å². The van der Waals surface area contributed by atoms with E-state index >= 15 is 0 Å². The summed E-state index contributed by atoms with van der Waals surface area (Å²) in [5.41, 5.74) is 10.00. The molecule has 3 aromatic rings. The molecule has 0 amide bonds. The fraction of sp³-hybridized carbons (Fsp3) is 0.154. The SMILES string of the molecule is Cc1cn2c(ccc3cc(CN)ccc32)n1. The van der Waals surface area contributed by atoms with Crippen molar-refractivity contribution >= 4 is 16.6 Å². The molecule has 2 heterocycles. The number of fused-ring (bicyclic) bond motifs is 3. The van der Waals surface area contributed by atoms with Gasteiger partial charge >= 0.3 is 0 Å². The number of hydrogen-bond donors (Lipinski definition) is 1. The van der Waals surface area contributed by atoms with Gasteiger partial charge in [0, 0.05) is 12.7 Å². The number of benzene rings is 1. The summed E-state index contributed by atoms with van der Waals surface area (Å²) in [6, 6.07) is 10.4. The Balaban J connectivity index is 2.42. The van der Waals surface area contributed by atoms with Crippen LogP contribution in [0.2, 0.25) is 0 Å². The molecule has 2 aromatic heterocycles. The second kappa shape index (κ2) is 3.32. The zero-order valence-corrected chi connectivity index (χ0v) is 9.14. The second-order valence-corrected chi connectivity index (χ2v) is 4.04.